The summed E-state index contributed by atoms with van der Waals surface area (Å²) in [4.78, 5) is 11.1. The maximum absolute atomic E-state index is 11.1. The van der Waals surface area contributed by atoms with Crippen molar-refractivity contribution < 1.29 is 4.79 Å². The van der Waals surface area contributed by atoms with Crippen LogP contribution >= 0.6 is 0 Å². The van der Waals surface area contributed by atoms with Gasteiger partial charge in [-0.15, -0.1) is 0 Å². The minimum atomic E-state index is -0.0521. The zero-order valence-corrected chi connectivity index (χ0v) is 15.3. The first kappa shape index (κ1) is 17.9. The monoisotopic (exact) mass is 344 g/mol. The predicted octanol–water partition coefficient (Wildman–Crippen LogP) is 4.91. The van der Waals surface area contributed by atoms with E-state index in [0.717, 1.165) is 18.8 Å². The van der Waals surface area contributed by atoms with E-state index < -0.39 is 0 Å². The van der Waals surface area contributed by atoms with Crippen LogP contribution in [0.3, 0.4) is 0 Å². The number of rotatable bonds is 6. The molecule has 0 atom stereocenters. The molecule has 0 saturated carbocycles. The Labute approximate surface area is 155 Å². The van der Waals surface area contributed by atoms with Crippen LogP contribution in [0.2, 0.25) is 0 Å². The lowest BCUT2D eigenvalue weighted by Gasteiger charge is -2.13. The summed E-state index contributed by atoms with van der Waals surface area (Å²) in [6.45, 7) is 5.25. The quantitative estimate of drug-likeness (QED) is 0.667. The molecule has 3 heteroatoms. The number of benzene rings is 3. The number of hydrogen-bond donors (Lipinski definition) is 2. The number of hydrogen-bond acceptors (Lipinski definition) is 2. The molecule has 0 radical (unpaired) electrons. The topological polar surface area (TPSA) is 41.1 Å². The fourth-order valence-corrected chi connectivity index (χ4v) is 3.06. The van der Waals surface area contributed by atoms with Crippen molar-refractivity contribution in [2.24, 2.45) is 0 Å². The van der Waals surface area contributed by atoms with Crippen LogP contribution in [-0.2, 0) is 17.9 Å². The molecule has 0 aromatic heterocycles. The highest BCUT2D eigenvalue weighted by molar-refractivity contribution is 5.88. The fraction of sp³-hybridized carbons (Fsp3) is 0.174. The zero-order chi connectivity index (χ0) is 18.4. The Morgan fingerprint density at radius 3 is 2.15 bits per heavy atom. The predicted molar refractivity (Wildman–Crippen MR) is 108 cm³/mol. The van der Waals surface area contributed by atoms with Gasteiger partial charge in [0.2, 0.25) is 5.91 Å². The third-order valence-electron chi connectivity index (χ3n) is 4.37. The Hall–Kier alpha value is -2.91. The van der Waals surface area contributed by atoms with E-state index in [0.29, 0.717) is 0 Å². The molecular weight excluding hydrogens is 320 g/mol. The standard InChI is InChI=1S/C23H24N2O/c1-17-7-3-5-9-22(17)23-10-6-4-8-20(23)16-24-15-19-11-13-21(14-12-19)25-18(2)26/h3-14,24H,15-16H2,1-2H3,(H,25,26). The summed E-state index contributed by atoms with van der Waals surface area (Å²) in [6, 6.07) is 24.9. The summed E-state index contributed by atoms with van der Waals surface area (Å²) in [5.41, 5.74) is 7.15. The number of anilines is 1. The number of amides is 1. The average molecular weight is 344 g/mol. The normalized spacial score (nSPS) is 10.5. The van der Waals surface area contributed by atoms with Crippen LogP contribution in [0.4, 0.5) is 5.69 Å². The molecule has 26 heavy (non-hydrogen) atoms. The largest absolute Gasteiger partial charge is 0.326 e. The molecule has 0 aliphatic heterocycles. The number of aryl methyl sites for hydroxylation is 1. The van der Waals surface area contributed by atoms with Crippen LogP contribution < -0.4 is 10.6 Å². The summed E-state index contributed by atoms with van der Waals surface area (Å²) in [5.74, 6) is -0.0521. The Morgan fingerprint density at radius 1 is 0.808 bits per heavy atom. The Bertz CT molecular complexity index is 885. The first-order valence-electron chi connectivity index (χ1n) is 8.84. The minimum absolute atomic E-state index is 0.0521. The van der Waals surface area contributed by atoms with Crippen LogP contribution in [0.1, 0.15) is 23.6 Å². The Kier molecular flexibility index (Phi) is 5.82. The molecule has 0 bridgehead atoms. The molecule has 132 valence electrons. The Morgan fingerprint density at radius 2 is 1.46 bits per heavy atom. The van der Waals surface area contributed by atoms with E-state index in [4.69, 9.17) is 0 Å². The summed E-state index contributed by atoms with van der Waals surface area (Å²) in [5, 5.41) is 6.31. The molecule has 0 unspecified atom stereocenters. The average Bonchev–Trinajstić information content (AvgIpc) is 2.64. The molecular formula is C23H24N2O. The van der Waals surface area contributed by atoms with Crippen LogP contribution in [0.5, 0.6) is 0 Å². The van der Waals surface area contributed by atoms with Gasteiger partial charge in [-0.2, -0.15) is 0 Å². The highest BCUT2D eigenvalue weighted by atomic mass is 16.1. The van der Waals surface area contributed by atoms with Crippen molar-refractivity contribution in [1.82, 2.24) is 5.32 Å². The van der Waals surface area contributed by atoms with E-state index >= 15 is 0 Å². The van der Waals surface area contributed by atoms with Crippen molar-refractivity contribution in [3.63, 3.8) is 0 Å². The van der Waals surface area contributed by atoms with Gasteiger partial charge in [-0.1, -0.05) is 60.7 Å². The summed E-state index contributed by atoms with van der Waals surface area (Å²) in [6.07, 6.45) is 0. The van der Waals surface area contributed by atoms with Gasteiger partial charge in [-0.05, 0) is 46.9 Å². The molecule has 0 aliphatic carbocycles. The van der Waals surface area contributed by atoms with Crippen molar-refractivity contribution in [2.45, 2.75) is 26.9 Å². The lowest BCUT2D eigenvalue weighted by atomic mass is 9.96. The van der Waals surface area contributed by atoms with Gasteiger partial charge in [0.1, 0.15) is 0 Å². The highest BCUT2D eigenvalue weighted by Gasteiger charge is 2.06. The van der Waals surface area contributed by atoms with E-state index in [1.165, 1.54) is 34.7 Å². The van der Waals surface area contributed by atoms with Gasteiger partial charge in [-0.3, -0.25) is 4.79 Å². The maximum Gasteiger partial charge on any atom is 0.221 e. The van der Waals surface area contributed by atoms with E-state index in [-0.39, 0.29) is 5.91 Å². The van der Waals surface area contributed by atoms with Gasteiger partial charge in [0.25, 0.3) is 0 Å². The first-order chi connectivity index (χ1) is 12.6. The van der Waals surface area contributed by atoms with Crippen LogP contribution in [0, 0.1) is 6.92 Å². The number of nitrogens with one attached hydrogen (secondary N) is 2. The zero-order valence-electron chi connectivity index (χ0n) is 15.3. The molecule has 3 aromatic carbocycles. The molecule has 0 fully saturated rings. The van der Waals surface area contributed by atoms with Crippen molar-refractivity contribution in [1.29, 1.82) is 0 Å². The highest BCUT2D eigenvalue weighted by Crippen LogP contribution is 2.26. The molecule has 0 spiro atoms. The van der Waals surface area contributed by atoms with Crippen LogP contribution in [0.25, 0.3) is 11.1 Å². The van der Waals surface area contributed by atoms with Crippen LogP contribution in [0.15, 0.2) is 72.8 Å². The van der Waals surface area contributed by atoms with Gasteiger partial charge in [0.15, 0.2) is 0 Å². The number of carbonyl (C=O) groups is 1. The maximum atomic E-state index is 11.1. The third kappa shape index (κ3) is 4.58. The van der Waals surface area contributed by atoms with Crippen molar-refractivity contribution in [3.8, 4) is 11.1 Å². The Balaban J connectivity index is 1.66. The lowest BCUT2D eigenvalue weighted by Crippen LogP contribution is -2.13. The number of carbonyl (C=O) groups excluding carboxylic acids is 1. The fourth-order valence-electron chi connectivity index (χ4n) is 3.06. The van der Waals surface area contributed by atoms with E-state index in [1.54, 1.807) is 0 Å². The molecule has 1 amide bonds. The van der Waals surface area contributed by atoms with E-state index in [1.807, 2.05) is 24.3 Å². The third-order valence-corrected chi connectivity index (χ3v) is 4.37. The van der Waals surface area contributed by atoms with E-state index in [2.05, 4.69) is 66.1 Å². The second-order valence-electron chi connectivity index (χ2n) is 6.45. The van der Waals surface area contributed by atoms with Gasteiger partial charge >= 0.3 is 0 Å². The van der Waals surface area contributed by atoms with Gasteiger partial charge < -0.3 is 10.6 Å². The first-order valence-corrected chi connectivity index (χ1v) is 8.84. The van der Waals surface area contributed by atoms with E-state index in [9.17, 15) is 4.79 Å². The molecule has 0 heterocycles. The lowest BCUT2D eigenvalue weighted by molar-refractivity contribution is -0.114. The minimum Gasteiger partial charge on any atom is -0.326 e. The summed E-state index contributed by atoms with van der Waals surface area (Å²) < 4.78 is 0. The molecule has 3 nitrogen and oxygen atoms in total. The van der Waals surface area contributed by atoms with Crippen molar-refractivity contribution >= 4 is 11.6 Å². The smallest absolute Gasteiger partial charge is 0.221 e. The second-order valence-corrected chi connectivity index (χ2v) is 6.45. The van der Waals surface area contributed by atoms with Gasteiger partial charge in [0, 0.05) is 25.7 Å². The SMILES string of the molecule is CC(=O)Nc1ccc(CNCc2ccccc2-c2ccccc2C)cc1. The second kappa shape index (κ2) is 8.45. The summed E-state index contributed by atoms with van der Waals surface area (Å²) >= 11 is 0. The molecule has 2 N–H and O–H groups in total. The molecule has 3 rings (SSSR count). The van der Waals surface area contributed by atoms with Gasteiger partial charge in [0.05, 0.1) is 0 Å². The van der Waals surface area contributed by atoms with Gasteiger partial charge in [-0.25, -0.2) is 0 Å². The summed E-state index contributed by atoms with van der Waals surface area (Å²) in [7, 11) is 0. The molecule has 3 aromatic rings. The van der Waals surface area contributed by atoms with Crippen molar-refractivity contribution in [3.05, 3.63) is 89.5 Å². The van der Waals surface area contributed by atoms with Crippen LogP contribution in [-0.4, -0.2) is 5.91 Å². The molecule has 0 aliphatic rings. The molecule has 0 saturated heterocycles. The van der Waals surface area contributed by atoms with Crippen molar-refractivity contribution in [2.75, 3.05) is 5.32 Å².